The lowest BCUT2D eigenvalue weighted by molar-refractivity contribution is -0.349. The van der Waals surface area contributed by atoms with Gasteiger partial charge in [-0.3, -0.25) is 0 Å². The third-order valence-corrected chi connectivity index (χ3v) is 11.2. The molecule has 0 radical (unpaired) electrons. The molecule has 2 aliphatic heterocycles. The molecule has 8 rings (SSSR count). The number of morpholine rings is 1. The SMILES string of the molecule is COc1ccc(C2(c3ccc(OCCOOC(C)(C)C)cc3)C=Cc3c4c(c5cc(N6CCOCC6)c(OC)cc5c3O2)-c2ccc(C(F)(F)F)cc2C4(C)C)cc1. The molecule has 8 nitrogen and oxygen atoms in total. The van der Waals surface area contributed by atoms with E-state index in [0.29, 0.717) is 54.9 Å². The summed E-state index contributed by atoms with van der Waals surface area (Å²) in [5.41, 5.74) is 3.51. The predicted octanol–water partition coefficient (Wildman–Crippen LogP) is 10.5. The Labute approximate surface area is 336 Å². The van der Waals surface area contributed by atoms with Crippen molar-refractivity contribution in [3.05, 3.63) is 118 Å². The number of anilines is 1. The van der Waals surface area contributed by atoms with Gasteiger partial charge in [0.2, 0.25) is 0 Å². The Bertz CT molecular complexity index is 2360. The maximum atomic E-state index is 14.2. The minimum atomic E-state index is -4.49. The summed E-state index contributed by atoms with van der Waals surface area (Å²) in [5, 5.41) is 1.65. The summed E-state index contributed by atoms with van der Waals surface area (Å²) in [6, 6.07) is 23.8. The fourth-order valence-corrected chi connectivity index (χ4v) is 8.42. The number of nitrogens with zero attached hydrogens (tertiary/aromatic N) is 1. The molecule has 1 fully saturated rings. The van der Waals surface area contributed by atoms with Crippen LogP contribution in [-0.2, 0) is 31.7 Å². The first-order valence-corrected chi connectivity index (χ1v) is 19.5. The van der Waals surface area contributed by atoms with E-state index in [1.165, 1.54) is 12.1 Å². The molecule has 5 aromatic rings. The number of fused-ring (bicyclic) bond motifs is 8. The van der Waals surface area contributed by atoms with Crippen molar-refractivity contribution in [3.63, 3.8) is 0 Å². The highest BCUT2D eigenvalue weighted by molar-refractivity contribution is 6.10. The first kappa shape index (κ1) is 39.6. The van der Waals surface area contributed by atoms with E-state index in [-0.39, 0.29) is 13.2 Å². The minimum absolute atomic E-state index is 0.253. The van der Waals surface area contributed by atoms with Gasteiger partial charge in [0.1, 0.15) is 36.2 Å². The number of halogens is 3. The van der Waals surface area contributed by atoms with E-state index >= 15 is 0 Å². The minimum Gasteiger partial charge on any atom is -0.497 e. The molecule has 1 unspecified atom stereocenters. The lowest BCUT2D eigenvalue weighted by atomic mass is 9.76. The van der Waals surface area contributed by atoms with Crippen LogP contribution in [0.2, 0.25) is 0 Å². The largest absolute Gasteiger partial charge is 0.497 e. The first-order chi connectivity index (χ1) is 27.6. The van der Waals surface area contributed by atoms with Crippen molar-refractivity contribution in [2.75, 3.05) is 58.6 Å². The standard InChI is InChI=1S/C47H48F3NO7/c1-44(2,3)58-56-25-24-55-33-15-10-30(11-16-33)46(29-8-13-32(52-6)14-9-29)19-18-35-42-41(34-17-12-31(47(48,49)50)26-38(34)45(42,4)5)36-27-39(51-20-22-54-23-21-51)40(53-7)28-37(36)43(35)57-46/h8-19,26-28H,20-25H2,1-7H3. The average molecular weight is 796 g/mol. The summed E-state index contributed by atoms with van der Waals surface area (Å²) >= 11 is 0. The molecule has 5 aromatic carbocycles. The summed E-state index contributed by atoms with van der Waals surface area (Å²) in [7, 11) is 3.28. The maximum Gasteiger partial charge on any atom is 0.416 e. The van der Waals surface area contributed by atoms with Gasteiger partial charge < -0.3 is 28.6 Å². The van der Waals surface area contributed by atoms with Gasteiger partial charge in [0.05, 0.1) is 44.3 Å². The van der Waals surface area contributed by atoms with Gasteiger partial charge in [0.25, 0.3) is 0 Å². The molecule has 2 heterocycles. The normalized spacial score (nSPS) is 18.3. The average Bonchev–Trinajstić information content (AvgIpc) is 3.45. The van der Waals surface area contributed by atoms with E-state index in [1.807, 2.05) is 95.3 Å². The Morgan fingerprint density at radius 3 is 2.07 bits per heavy atom. The molecule has 3 aliphatic rings. The summed E-state index contributed by atoms with van der Waals surface area (Å²) in [5.74, 6) is 2.61. The van der Waals surface area contributed by atoms with E-state index in [2.05, 4.69) is 17.0 Å². The van der Waals surface area contributed by atoms with Crippen LogP contribution in [0.1, 0.15) is 68.0 Å². The quantitative estimate of drug-likeness (QED) is 0.0787. The molecule has 0 saturated carbocycles. The van der Waals surface area contributed by atoms with Crippen LogP contribution in [0.15, 0.2) is 84.9 Å². The maximum absolute atomic E-state index is 14.2. The van der Waals surface area contributed by atoms with Crippen molar-refractivity contribution in [3.8, 4) is 34.1 Å². The van der Waals surface area contributed by atoms with Gasteiger partial charge in [-0.05, 0) is 103 Å². The predicted molar refractivity (Wildman–Crippen MR) is 218 cm³/mol. The van der Waals surface area contributed by atoms with Gasteiger partial charge in [-0.15, -0.1) is 0 Å². The van der Waals surface area contributed by atoms with Crippen LogP contribution < -0.4 is 23.8 Å². The molecule has 0 amide bonds. The van der Waals surface area contributed by atoms with E-state index in [0.717, 1.165) is 49.8 Å². The number of hydrogen-bond donors (Lipinski definition) is 0. The third kappa shape index (κ3) is 7.03. The second-order valence-corrected chi connectivity index (χ2v) is 16.3. The molecule has 0 spiro atoms. The van der Waals surface area contributed by atoms with Gasteiger partial charge in [-0.2, -0.15) is 13.2 Å². The topological polar surface area (TPSA) is 67.9 Å². The zero-order chi connectivity index (χ0) is 41.0. The fourth-order valence-electron chi connectivity index (χ4n) is 8.42. The highest BCUT2D eigenvalue weighted by Gasteiger charge is 2.46. The number of methoxy groups -OCH3 is 2. The number of alkyl halides is 3. The number of rotatable bonds is 10. The van der Waals surface area contributed by atoms with E-state index in [4.69, 9.17) is 33.5 Å². The monoisotopic (exact) mass is 795 g/mol. The van der Waals surface area contributed by atoms with E-state index in [1.54, 1.807) is 20.3 Å². The molecule has 11 heteroatoms. The molecule has 304 valence electrons. The van der Waals surface area contributed by atoms with Crippen molar-refractivity contribution in [2.45, 2.75) is 57.4 Å². The fraction of sp³-hybridized carbons (Fsp3) is 0.362. The zero-order valence-corrected chi connectivity index (χ0v) is 33.8. The highest BCUT2D eigenvalue weighted by Crippen LogP contribution is 2.59. The second-order valence-electron chi connectivity index (χ2n) is 16.3. The molecular weight excluding hydrogens is 748 g/mol. The molecule has 0 bridgehead atoms. The molecule has 1 saturated heterocycles. The van der Waals surface area contributed by atoms with Gasteiger partial charge >= 0.3 is 6.18 Å². The van der Waals surface area contributed by atoms with Gasteiger partial charge in [0.15, 0.2) is 5.60 Å². The molecule has 1 atom stereocenters. The van der Waals surface area contributed by atoms with E-state index in [9.17, 15) is 13.2 Å². The van der Waals surface area contributed by atoms with E-state index < -0.39 is 28.4 Å². The van der Waals surface area contributed by atoms with Crippen molar-refractivity contribution in [2.24, 2.45) is 0 Å². The Morgan fingerprint density at radius 1 is 0.776 bits per heavy atom. The summed E-state index contributed by atoms with van der Waals surface area (Å²) < 4.78 is 73.4. The van der Waals surface area contributed by atoms with Gasteiger partial charge in [-0.25, -0.2) is 9.78 Å². The Kier molecular flexibility index (Phi) is 10.1. The summed E-state index contributed by atoms with van der Waals surface area (Å²) in [6.45, 7) is 12.7. The van der Waals surface area contributed by atoms with Crippen LogP contribution in [0.25, 0.3) is 28.0 Å². The smallest absolute Gasteiger partial charge is 0.416 e. The van der Waals surface area contributed by atoms with Crippen LogP contribution in [0, 0.1) is 0 Å². The first-order valence-electron chi connectivity index (χ1n) is 19.5. The van der Waals surface area contributed by atoms with Gasteiger partial charge in [-0.1, -0.05) is 50.3 Å². The Morgan fingerprint density at radius 2 is 1.45 bits per heavy atom. The van der Waals surface area contributed by atoms with Crippen LogP contribution in [0.5, 0.6) is 23.0 Å². The van der Waals surface area contributed by atoms with Crippen LogP contribution in [-0.4, -0.2) is 59.3 Å². The molecule has 1 aliphatic carbocycles. The molecule has 0 N–H and O–H groups in total. The summed E-state index contributed by atoms with van der Waals surface area (Å²) in [6.07, 6.45) is -0.385. The number of benzene rings is 5. The lowest BCUT2D eigenvalue weighted by Gasteiger charge is -2.39. The molecule has 58 heavy (non-hydrogen) atoms. The van der Waals surface area contributed by atoms with Crippen LogP contribution >= 0.6 is 0 Å². The highest BCUT2D eigenvalue weighted by atomic mass is 19.4. The third-order valence-electron chi connectivity index (χ3n) is 11.2. The number of hydrogen-bond acceptors (Lipinski definition) is 8. The van der Waals surface area contributed by atoms with Crippen molar-refractivity contribution >= 4 is 22.5 Å². The van der Waals surface area contributed by atoms with Crippen LogP contribution in [0.3, 0.4) is 0 Å². The summed E-state index contributed by atoms with van der Waals surface area (Å²) in [4.78, 5) is 12.9. The van der Waals surface area contributed by atoms with Gasteiger partial charge in [0, 0.05) is 40.6 Å². The van der Waals surface area contributed by atoms with Crippen molar-refractivity contribution in [1.82, 2.24) is 0 Å². The lowest BCUT2D eigenvalue weighted by Crippen LogP contribution is -2.36. The van der Waals surface area contributed by atoms with Crippen molar-refractivity contribution in [1.29, 1.82) is 0 Å². The Balaban J connectivity index is 1.31. The number of ether oxygens (including phenoxy) is 5. The molecule has 0 aromatic heterocycles. The molecular formula is C47H48F3NO7. The van der Waals surface area contributed by atoms with Crippen LogP contribution in [0.4, 0.5) is 18.9 Å². The van der Waals surface area contributed by atoms with Crippen molar-refractivity contribution < 1.29 is 46.6 Å². The Hall–Kier alpha value is -5.23. The second kappa shape index (κ2) is 14.9. The zero-order valence-electron chi connectivity index (χ0n) is 33.8.